The smallest absolute Gasteiger partial charge is 0.248 e. The number of anilines is 1. The molecule has 0 fully saturated rings. The van der Waals surface area contributed by atoms with Crippen molar-refractivity contribution in [2.75, 3.05) is 5.32 Å². The third-order valence-corrected chi connectivity index (χ3v) is 3.45. The van der Waals surface area contributed by atoms with E-state index in [1.807, 2.05) is 23.6 Å². The summed E-state index contributed by atoms with van der Waals surface area (Å²) in [6.45, 7) is 0. The second-order valence-corrected chi connectivity index (χ2v) is 5.03. The van der Waals surface area contributed by atoms with Crippen molar-refractivity contribution in [2.45, 2.75) is 0 Å². The average molecular weight is 289 g/mol. The molecule has 0 atom stereocenters. The van der Waals surface area contributed by atoms with Crippen molar-refractivity contribution in [1.29, 1.82) is 5.26 Å². The van der Waals surface area contributed by atoms with Gasteiger partial charge in [-0.2, -0.15) is 5.26 Å². The van der Waals surface area contributed by atoms with Gasteiger partial charge in [0, 0.05) is 16.6 Å². The Hall–Kier alpha value is -2.09. The van der Waals surface area contributed by atoms with Gasteiger partial charge in [-0.15, -0.1) is 11.3 Å². The molecular weight excluding hydrogens is 280 g/mol. The highest BCUT2D eigenvalue weighted by atomic mass is 35.5. The lowest BCUT2D eigenvalue weighted by molar-refractivity contribution is -0.111. The maximum atomic E-state index is 11.7. The lowest BCUT2D eigenvalue weighted by Gasteiger charge is -2.03. The molecule has 19 heavy (non-hydrogen) atoms. The Bertz CT molecular complexity index is 657. The van der Waals surface area contributed by atoms with Crippen molar-refractivity contribution in [2.24, 2.45) is 0 Å². The molecule has 2 rings (SSSR count). The normalized spacial score (nSPS) is 10.3. The largest absolute Gasteiger partial charge is 0.322 e. The molecule has 0 aliphatic rings. The molecule has 0 saturated heterocycles. The minimum atomic E-state index is -0.242. The molecular formula is C14H9ClN2OS. The second-order valence-electron chi connectivity index (χ2n) is 3.64. The molecule has 1 amide bonds. The Morgan fingerprint density at radius 3 is 2.89 bits per heavy atom. The Balaban J connectivity index is 2.03. The van der Waals surface area contributed by atoms with Gasteiger partial charge in [-0.25, -0.2) is 0 Å². The fourth-order valence-corrected chi connectivity index (χ4v) is 2.25. The number of nitrogens with one attached hydrogen (secondary N) is 1. The zero-order chi connectivity index (χ0) is 13.7. The number of nitrogens with zero attached hydrogens (tertiary/aromatic N) is 1. The third kappa shape index (κ3) is 3.68. The van der Waals surface area contributed by atoms with Crippen LogP contribution < -0.4 is 5.32 Å². The topological polar surface area (TPSA) is 52.9 Å². The van der Waals surface area contributed by atoms with E-state index in [0.29, 0.717) is 16.3 Å². The molecule has 0 aliphatic carbocycles. The van der Waals surface area contributed by atoms with Gasteiger partial charge >= 0.3 is 0 Å². The second kappa shape index (κ2) is 6.19. The summed E-state index contributed by atoms with van der Waals surface area (Å²) in [5.74, 6) is -0.242. The van der Waals surface area contributed by atoms with E-state index in [1.165, 1.54) is 6.08 Å². The Morgan fingerprint density at radius 2 is 2.26 bits per heavy atom. The van der Waals surface area contributed by atoms with Crippen LogP contribution in [0.5, 0.6) is 0 Å². The Morgan fingerprint density at radius 1 is 1.42 bits per heavy atom. The Kier molecular flexibility index (Phi) is 4.35. The number of thiophene rings is 1. The van der Waals surface area contributed by atoms with E-state index in [1.54, 1.807) is 35.6 Å². The molecule has 2 aromatic rings. The van der Waals surface area contributed by atoms with E-state index in [2.05, 4.69) is 5.32 Å². The molecule has 0 radical (unpaired) electrons. The predicted octanol–water partition coefficient (Wildman–Crippen LogP) is 3.93. The van der Waals surface area contributed by atoms with Crippen LogP contribution in [0.4, 0.5) is 5.69 Å². The van der Waals surface area contributed by atoms with Crippen molar-refractivity contribution >= 4 is 40.6 Å². The van der Waals surface area contributed by atoms with Crippen molar-refractivity contribution in [3.8, 4) is 6.07 Å². The lowest BCUT2D eigenvalue weighted by atomic mass is 10.2. The Labute approximate surface area is 119 Å². The number of hydrogen-bond acceptors (Lipinski definition) is 3. The van der Waals surface area contributed by atoms with Gasteiger partial charge in [0.25, 0.3) is 0 Å². The van der Waals surface area contributed by atoms with Gasteiger partial charge in [0.15, 0.2) is 0 Å². The summed E-state index contributed by atoms with van der Waals surface area (Å²) in [4.78, 5) is 12.7. The number of hydrogen-bond donors (Lipinski definition) is 1. The fourth-order valence-electron chi connectivity index (χ4n) is 1.41. The van der Waals surface area contributed by atoms with E-state index >= 15 is 0 Å². The van der Waals surface area contributed by atoms with Crippen molar-refractivity contribution < 1.29 is 4.79 Å². The van der Waals surface area contributed by atoms with Gasteiger partial charge in [-0.05, 0) is 35.7 Å². The first-order chi connectivity index (χ1) is 9.19. The number of carbonyl (C=O) groups excluding carboxylic acids is 1. The molecule has 0 spiro atoms. The SMILES string of the molecule is N#Cc1ccc(NC(=O)/C=C/c2cccs2)cc1Cl. The molecule has 94 valence electrons. The number of halogens is 1. The average Bonchev–Trinajstić information content (AvgIpc) is 2.90. The van der Waals surface area contributed by atoms with E-state index in [0.717, 1.165) is 4.88 Å². The number of benzene rings is 1. The highest BCUT2D eigenvalue weighted by Gasteiger charge is 2.03. The molecule has 0 bridgehead atoms. The van der Waals surface area contributed by atoms with Crippen molar-refractivity contribution in [1.82, 2.24) is 0 Å². The highest BCUT2D eigenvalue weighted by molar-refractivity contribution is 7.10. The molecule has 1 N–H and O–H groups in total. The molecule has 0 aliphatic heterocycles. The zero-order valence-corrected chi connectivity index (χ0v) is 11.3. The van der Waals surface area contributed by atoms with Crippen molar-refractivity contribution in [3.05, 3.63) is 57.3 Å². The maximum absolute atomic E-state index is 11.7. The summed E-state index contributed by atoms with van der Waals surface area (Å²) in [7, 11) is 0. The van der Waals surface area contributed by atoms with Crippen LogP contribution in [-0.4, -0.2) is 5.91 Å². The predicted molar refractivity (Wildman–Crippen MR) is 78.1 cm³/mol. The van der Waals surface area contributed by atoms with Crippen molar-refractivity contribution in [3.63, 3.8) is 0 Å². The van der Waals surface area contributed by atoms with Crippen LogP contribution in [0.1, 0.15) is 10.4 Å². The first kappa shape index (κ1) is 13.3. The summed E-state index contributed by atoms with van der Waals surface area (Å²) in [5, 5.41) is 13.7. The lowest BCUT2D eigenvalue weighted by Crippen LogP contribution is -2.07. The number of amides is 1. The molecule has 0 unspecified atom stereocenters. The van der Waals surface area contributed by atoms with Gasteiger partial charge in [-0.1, -0.05) is 17.7 Å². The fraction of sp³-hybridized carbons (Fsp3) is 0. The summed E-state index contributed by atoms with van der Waals surface area (Å²) >= 11 is 7.44. The number of nitriles is 1. The van der Waals surface area contributed by atoms with Gasteiger partial charge in [0.2, 0.25) is 5.91 Å². The van der Waals surface area contributed by atoms with Crippen LogP contribution in [0.25, 0.3) is 6.08 Å². The van der Waals surface area contributed by atoms with E-state index in [4.69, 9.17) is 16.9 Å². The summed E-state index contributed by atoms with van der Waals surface area (Å²) < 4.78 is 0. The first-order valence-corrected chi connectivity index (χ1v) is 6.67. The van der Waals surface area contributed by atoms with Crippen LogP contribution in [0.3, 0.4) is 0 Å². The van der Waals surface area contributed by atoms with Crippen LogP contribution >= 0.6 is 22.9 Å². The minimum absolute atomic E-state index is 0.242. The molecule has 5 heteroatoms. The highest BCUT2D eigenvalue weighted by Crippen LogP contribution is 2.20. The molecule has 3 nitrogen and oxygen atoms in total. The van der Waals surface area contributed by atoms with Crippen LogP contribution in [0, 0.1) is 11.3 Å². The summed E-state index contributed by atoms with van der Waals surface area (Å²) in [6, 6.07) is 10.6. The van der Waals surface area contributed by atoms with Crippen LogP contribution in [0.2, 0.25) is 5.02 Å². The molecule has 1 heterocycles. The van der Waals surface area contributed by atoms with E-state index in [-0.39, 0.29) is 5.91 Å². The van der Waals surface area contributed by atoms with Gasteiger partial charge in [0.05, 0.1) is 10.6 Å². The number of carbonyl (C=O) groups is 1. The number of rotatable bonds is 3. The van der Waals surface area contributed by atoms with Crippen LogP contribution in [-0.2, 0) is 4.79 Å². The molecule has 1 aromatic carbocycles. The third-order valence-electron chi connectivity index (χ3n) is 2.30. The zero-order valence-electron chi connectivity index (χ0n) is 9.76. The van der Waals surface area contributed by atoms with Gasteiger partial charge in [-0.3, -0.25) is 4.79 Å². The van der Waals surface area contributed by atoms with E-state index in [9.17, 15) is 4.79 Å². The first-order valence-electron chi connectivity index (χ1n) is 5.41. The quantitative estimate of drug-likeness (QED) is 0.870. The standard InChI is InChI=1S/C14H9ClN2OS/c15-13-8-11(4-3-10(13)9-16)17-14(18)6-5-12-2-1-7-19-12/h1-8H,(H,17,18)/b6-5+. The monoisotopic (exact) mass is 288 g/mol. The molecule has 1 aromatic heterocycles. The van der Waals surface area contributed by atoms with Gasteiger partial charge < -0.3 is 5.32 Å². The molecule has 0 saturated carbocycles. The minimum Gasteiger partial charge on any atom is -0.322 e. The summed E-state index contributed by atoms with van der Waals surface area (Å²) in [5.41, 5.74) is 0.943. The van der Waals surface area contributed by atoms with Crippen LogP contribution in [0.15, 0.2) is 41.8 Å². The maximum Gasteiger partial charge on any atom is 0.248 e. The van der Waals surface area contributed by atoms with E-state index < -0.39 is 0 Å². The summed E-state index contributed by atoms with van der Waals surface area (Å²) in [6.07, 6.45) is 3.20. The van der Waals surface area contributed by atoms with Gasteiger partial charge in [0.1, 0.15) is 6.07 Å².